The number of aryl methyl sites for hydroxylation is 1. The number of benzene rings is 2. The van der Waals surface area contributed by atoms with Crippen LogP contribution in [0.1, 0.15) is 27.4 Å². The minimum absolute atomic E-state index is 0.134. The maximum atomic E-state index is 12.5. The van der Waals surface area contributed by atoms with Gasteiger partial charge < -0.3 is 15.7 Å². The molecule has 27 heavy (non-hydrogen) atoms. The van der Waals surface area contributed by atoms with E-state index in [4.69, 9.17) is 5.11 Å². The minimum atomic E-state index is -0.776. The molecule has 0 radical (unpaired) electrons. The Morgan fingerprint density at radius 3 is 2.56 bits per heavy atom. The Bertz CT molecular complexity index is 843. The number of nitrogens with one attached hydrogen (secondary N) is 2. The average Bonchev–Trinajstić information content (AvgIpc) is 2.70. The first kappa shape index (κ1) is 18.9. The number of piperazine rings is 1. The Balaban J connectivity index is 0.000000197. The number of carboxylic acid groups (broad SMARTS) is 1. The zero-order valence-electron chi connectivity index (χ0n) is 15.2. The second kappa shape index (κ2) is 8.70. The van der Waals surface area contributed by atoms with Gasteiger partial charge in [0, 0.05) is 31.4 Å². The number of hydrogen-bond acceptors (Lipinski definition) is 5. The van der Waals surface area contributed by atoms with Crippen molar-refractivity contribution in [1.29, 1.82) is 0 Å². The van der Waals surface area contributed by atoms with Gasteiger partial charge in [0.2, 0.25) is 0 Å². The minimum Gasteiger partial charge on any atom is -0.480 e. The van der Waals surface area contributed by atoms with Crippen molar-refractivity contribution in [3.8, 4) is 0 Å². The number of fused-ring (bicyclic) bond motifs is 1. The van der Waals surface area contributed by atoms with E-state index in [1.165, 1.54) is 0 Å². The summed E-state index contributed by atoms with van der Waals surface area (Å²) in [6.45, 7) is 4.14. The highest BCUT2D eigenvalue weighted by Crippen LogP contribution is 2.31. The molecule has 0 aliphatic carbocycles. The molecule has 0 amide bonds. The highest BCUT2D eigenvalue weighted by molar-refractivity contribution is 6.15. The predicted molar refractivity (Wildman–Crippen MR) is 105 cm³/mol. The highest BCUT2D eigenvalue weighted by Gasteiger charge is 2.25. The number of nitrogens with zero attached hydrogens (tertiary/aromatic N) is 1. The molecule has 4 rings (SSSR count). The van der Waals surface area contributed by atoms with E-state index in [1.54, 1.807) is 6.21 Å². The normalized spacial score (nSPS) is 21.0. The third kappa shape index (κ3) is 4.67. The summed E-state index contributed by atoms with van der Waals surface area (Å²) in [7, 11) is 0. The number of hydrogen-bond donors (Lipinski definition) is 3. The lowest BCUT2D eigenvalue weighted by molar-refractivity contribution is -0.139. The number of carbonyl (C=O) groups is 2. The average molecular weight is 365 g/mol. The van der Waals surface area contributed by atoms with Crippen LogP contribution in [-0.2, 0) is 4.79 Å². The molecule has 2 aromatic rings. The molecule has 6 nitrogen and oxygen atoms in total. The van der Waals surface area contributed by atoms with E-state index >= 15 is 0 Å². The van der Waals surface area contributed by atoms with E-state index in [9.17, 15) is 9.59 Å². The summed E-state index contributed by atoms with van der Waals surface area (Å²) in [6.07, 6.45) is 1.75. The SMILES string of the molecule is Cc1ccc2c(c1)C(=O)C(c1ccccc1)C=N2.O=C(O)C1CNCCN1. The smallest absolute Gasteiger partial charge is 0.322 e. The molecule has 2 aliphatic heterocycles. The molecule has 140 valence electrons. The van der Waals surface area contributed by atoms with Gasteiger partial charge in [-0.1, -0.05) is 42.0 Å². The van der Waals surface area contributed by atoms with Crippen molar-refractivity contribution >= 4 is 23.7 Å². The predicted octanol–water partition coefficient (Wildman–Crippen LogP) is 2.31. The molecule has 2 heterocycles. The van der Waals surface area contributed by atoms with Gasteiger partial charge in [-0.3, -0.25) is 14.6 Å². The number of aliphatic imine (C=N–C) groups is 1. The molecule has 2 unspecified atom stereocenters. The summed E-state index contributed by atoms with van der Waals surface area (Å²) in [6, 6.07) is 15.2. The van der Waals surface area contributed by atoms with Crippen LogP contribution >= 0.6 is 0 Å². The molecular weight excluding hydrogens is 342 g/mol. The summed E-state index contributed by atoms with van der Waals surface area (Å²) in [5.41, 5.74) is 3.59. The van der Waals surface area contributed by atoms with E-state index in [0.717, 1.165) is 35.5 Å². The van der Waals surface area contributed by atoms with Crippen molar-refractivity contribution in [3.05, 3.63) is 65.2 Å². The molecule has 2 aromatic carbocycles. The van der Waals surface area contributed by atoms with Crippen molar-refractivity contribution in [3.63, 3.8) is 0 Å². The Morgan fingerprint density at radius 2 is 1.93 bits per heavy atom. The Kier molecular flexibility index (Phi) is 6.11. The van der Waals surface area contributed by atoms with Gasteiger partial charge in [0.05, 0.1) is 11.6 Å². The molecule has 1 saturated heterocycles. The van der Waals surface area contributed by atoms with Gasteiger partial charge >= 0.3 is 5.97 Å². The summed E-state index contributed by atoms with van der Waals surface area (Å²) in [5, 5.41) is 14.3. The van der Waals surface area contributed by atoms with Gasteiger partial charge in [0.15, 0.2) is 5.78 Å². The van der Waals surface area contributed by atoms with Crippen LogP contribution in [0.25, 0.3) is 0 Å². The second-order valence-corrected chi connectivity index (χ2v) is 6.60. The van der Waals surface area contributed by atoms with Crippen molar-refractivity contribution in [1.82, 2.24) is 10.6 Å². The standard InChI is InChI=1S/C16H13NO.C5H10N2O2/c1-11-7-8-15-13(9-11)16(18)14(10-17-15)12-5-3-2-4-6-12;8-5(9)4-3-6-1-2-7-4/h2-10,14H,1H3;4,6-7H,1-3H2,(H,8,9). The quantitative estimate of drug-likeness (QED) is 0.760. The zero-order chi connectivity index (χ0) is 19.2. The number of rotatable bonds is 2. The first-order valence-corrected chi connectivity index (χ1v) is 8.97. The first-order valence-electron chi connectivity index (χ1n) is 8.97. The van der Waals surface area contributed by atoms with E-state index < -0.39 is 12.0 Å². The summed E-state index contributed by atoms with van der Waals surface area (Å²) >= 11 is 0. The summed E-state index contributed by atoms with van der Waals surface area (Å²) in [5.74, 6) is -0.891. The van der Waals surface area contributed by atoms with E-state index in [-0.39, 0.29) is 11.7 Å². The number of ketones is 1. The molecule has 0 bridgehead atoms. The fraction of sp³-hybridized carbons (Fsp3) is 0.286. The van der Waals surface area contributed by atoms with Gasteiger partial charge in [0.25, 0.3) is 0 Å². The summed E-state index contributed by atoms with van der Waals surface area (Å²) in [4.78, 5) is 27.1. The van der Waals surface area contributed by atoms with Crippen LogP contribution in [-0.4, -0.2) is 48.7 Å². The lowest BCUT2D eigenvalue weighted by Gasteiger charge is -2.20. The number of aliphatic carboxylic acids is 1. The molecular formula is C21H23N3O3. The van der Waals surface area contributed by atoms with Gasteiger partial charge in [-0.05, 0) is 24.6 Å². The molecule has 6 heteroatoms. The molecule has 3 N–H and O–H groups in total. The number of carboxylic acids is 1. The molecule has 0 spiro atoms. The molecule has 0 saturated carbocycles. The van der Waals surface area contributed by atoms with Crippen LogP contribution in [0.4, 0.5) is 5.69 Å². The lowest BCUT2D eigenvalue weighted by atomic mass is 9.88. The topological polar surface area (TPSA) is 90.8 Å². The van der Waals surface area contributed by atoms with Crippen LogP contribution in [0, 0.1) is 6.92 Å². The van der Waals surface area contributed by atoms with Crippen molar-refractivity contribution in [2.75, 3.05) is 19.6 Å². The molecule has 2 atom stereocenters. The van der Waals surface area contributed by atoms with Crippen LogP contribution in [0.5, 0.6) is 0 Å². The van der Waals surface area contributed by atoms with Crippen LogP contribution in [0.2, 0.25) is 0 Å². The van der Waals surface area contributed by atoms with Crippen LogP contribution < -0.4 is 10.6 Å². The maximum absolute atomic E-state index is 12.5. The third-order valence-corrected chi connectivity index (χ3v) is 4.56. The first-order chi connectivity index (χ1) is 13.1. The van der Waals surface area contributed by atoms with Gasteiger partial charge in [-0.15, -0.1) is 0 Å². The van der Waals surface area contributed by atoms with Gasteiger partial charge in [0.1, 0.15) is 6.04 Å². The maximum Gasteiger partial charge on any atom is 0.322 e. The fourth-order valence-electron chi connectivity index (χ4n) is 3.08. The third-order valence-electron chi connectivity index (χ3n) is 4.56. The van der Waals surface area contributed by atoms with Crippen LogP contribution in [0.15, 0.2) is 53.5 Å². The van der Waals surface area contributed by atoms with Crippen molar-refractivity contribution < 1.29 is 14.7 Å². The van der Waals surface area contributed by atoms with E-state index in [1.807, 2.05) is 55.5 Å². The summed E-state index contributed by atoms with van der Waals surface area (Å²) < 4.78 is 0. The molecule has 1 fully saturated rings. The van der Waals surface area contributed by atoms with Gasteiger partial charge in [-0.2, -0.15) is 0 Å². The van der Waals surface area contributed by atoms with Gasteiger partial charge in [-0.25, -0.2) is 0 Å². The molecule has 0 aromatic heterocycles. The number of carbonyl (C=O) groups excluding carboxylic acids is 1. The Hall–Kier alpha value is -2.83. The van der Waals surface area contributed by atoms with Crippen LogP contribution in [0.3, 0.4) is 0 Å². The molecule has 2 aliphatic rings. The van der Waals surface area contributed by atoms with Crippen molar-refractivity contribution in [2.24, 2.45) is 4.99 Å². The largest absolute Gasteiger partial charge is 0.480 e. The van der Waals surface area contributed by atoms with E-state index in [2.05, 4.69) is 15.6 Å². The Morgan fingerprint density at radius 1 is 1.15 bits per heavy atom. The van der Waals surface area contributed by atoms with E-state index in [0.29, 0.717) is 6.54 Å². The zero-order valence-corrected chi connectivity index (χ0v) is 15.2. The lowest BCUT2D eigenvalue weighted by Crippen LogP contribution is -2.52. The highest BCUT2D eigenvalue weighted by atomic mass is 16.4. The van der Waals surface area contributed by atoms with Crippen molar-refractivity contribution in [2.45, 2.75) is 18.9 Å². The fourth-order valence-corrected chi connectivity index (χ4v) is 3.08. The monoisotopic (exact) mass is 365 g/mol. The second-order valence-electron chi connectivity index (χ2n) is 6.60. The number of Topliss-reactive ketones (excluding diaryl/α,β-unsaturated/α-hetero) is 1. The Labute approximate surface area is 158 Å².